The van der Waals surface area contributed by atoms with Crippen LogP contribution >= 0.6 is 11.6 Å². The van der Waals surface area contributed by atoms with Crippen molar-refractivity contribution >= 4 is 35.1 Å². The number of nitrogens with zero attached hydrogens (tertiary/aromatic N) is 2. The van der Waals surface area contributed by atoms with Crippen molar-refractivity contribution in [1.82, 2.24) is 10.2 Å². The highest BCUT2D eigenvalue weighted by Gasteiger charge is 2.51. The lowest BCUT2D eigenvalue weighted by atomic mass is 9.87. The first kappa shape index (κ1) is 18.9. The molecule has 0 unspecified atom stereocenters. The Labute approximate surface area is 162 Å². The van der Waals surface area contributed by atoms with Gasteiger partial charge in [-0.2, -0.15) is 0 Å². The largest absolute Gasteiger partial charge is 0.325 e. The molecule has 1 saturated heterocycles. The maximum atomic E-state index is 13.1. The van der Waals surface area contributed by atoms with Gasteiger partial charge in [-0.25, -0.2) is 4.79 Å². The summed E-state index contributed by atoms with van der Waals surface area (Å²) >= 11 is 5.93. The van der Waals surface area contributed by atoms with Crippen LogP contribution in [0.4, 0.5) is 10.5 Å². The zero-order valence-electron chi connectivity index (χ0n) is 15.1. The first-order valence-electron chi connectivity index (χ1n) is 8.61. The Morgan fingerprint density at radius 1 is 1.11 bits per heavy atom. The molecule has 0 radical (unpaired) electrons. The van der Waals surface area contributed by atoms with Gasteiger partial charge in [-0.3, -0.25) is 14.5 Å². The molecule has 1 N–H and O–H groups in total. The predicted molar refractivity (Wildman–Crippen MR) is 104 cm³/mol. The van der Waals surface area contributed by atoms with Crippen LogP contribution in [-0.4, -0.2) is 36.3 Å². The quantitative estimate of drug-likeness (QED) is 0.804. The SMILES string of the molecule is CC[C@@]1(c2ccc(Cl)cc2)NC(=O)N(CC(=O)N(C)c2ccccc2)C1=O. The van der Waals surface area contributed by atoms with Crippen molar-refractivity contribution in [3.05, 3.63) is 65.2 Å². The van der Waals surface area contributed by atoms with E-state index in [-0.39, 0.29) is 12.5 Å². The van der Waals surface area contributed by atoms with Crippen molar-refractivity contribution < 1.29 is 14.4 Å². The summed E-state index contributed by atoms with van der Waals surface area (Å²) in [5.74, 6) is -0.792. The van der Waals surface area contributed by atoms with Crippen LogP contribution in [0.1, 0.15) is 18.9 Å². The molecule has 1 atom stereocenters. The lowest BCUT2D eigenvalue weighted by Crippen LogP contribution is -2.45. The van der Waals surface area contributed by atoms with Crippen molar-refractivity contribution in [1.29, 1.82) is 0 Å². The van der Waals surface area contributed by atoms with E-state index in [1.807, 2.05) is 25.1 Å². The third-order valence-electron chi connectivity index (χ3n) is 4.85. The van der Waals surface area contributed by atoms with Gasteiger partial charge in [0.25, 0.3) is 5.91 Å². The highest BCUT2D eigenvalue weighted by molar-refractivity contribution is 6.30. The van der Waals surface area contributed by atoms with Crippen LogP contribution in [0.25, 0.3) is 0 Å². The molecule has 4 amide bonds. The molecule has 0 saturated carbocycles. The fourth-order valence-corrected chi connectivity index (χ4v) is 3.31. The summed E-state index contributed by atoms with van der Waals surface area (Å²) in [4.78, 5) is 40.6. The average molecular weight is 386 g/mol. The molecule has 1 aliphatic heterocycles. The Morgan fingerprint density at radius 3 is 2.33 bits per heavy atom. The number of anilines is 1. The predicted octanol–water partition coefficient (Wildman–Crippen LogP) is 3.16. The Morgan fingerprint density at radius 2 is 1.74 bits per heavy atom. The van der Waals surface area contributed by atoms with Gasteiger partial charge in [0.15, 0.2) is 0 Å². The van der Waals surface area contributed by atoms with Gasteiger partial charge < -0.3 is 10.2 Å². The van der Waals surface area contributed by atoms with E-state index in [0.717, 1.165) is 4.90 Å². The van der Waals surface area contributed by atoms with Gasteiger partial charge in [-0.15, -0.1) is 0 Å². The molecule has 2 aromatic carbocycles. The fourth-order valence-electron chi connectivity index (χ4n) is 3.18. The summed E-state index contributed by atoms with van der Waals surface area (Å²) in [5, 5.41) is 3.30. The number of hydrogen-bond donors (Lipinski definition) is 1. The van der Waals surface area contributed by atoms with Gasteiger partial charge >= 0.3 is 6.03 Å². The van der Waals surface area contributed by atoms with E-state index in [4.69, 9.17) is 11.6 Å². The molecular weight excluding hydrogens is 366 g/mol. The van der Waals surface area contributed by atoms with Gasteiger partial charge in [-0.05, 0) is 36.2 Å². The molecule has 0 spiro atoms. The zero-order valence-corrected chi connectivity index (χ0v) is 15.9. The molecular formula is C20H20ClN3O3. The Kier molecular flexibility index (Phi) is 5.19. The minimum atomic E-state index is -1.19. The summed E-state index contributed by atoms with van der Waals surface area (Å²) < 4.78 is 0. The van der Waals surface area contributed by atoms with E-state index in [0.29, 0.717) is 22.7 Å². The molecule has 140 valence electrons. The van der Waals surface area contributed by atoms with Gasteiger partial charge in [0.1, 0.15) is 12.1 Å². The topological polar surface area (TPSA) is 69.7 Å². The van der Waals surface area contributed by atoms with Gasteiger partial charge in [0.2, 0.25) is 5.91 Å². The summed E-state index contributed by atoms with van der Waals surface area (Å²) in [7, 11) is 1.61. The van der Waals surface area contributed by atoms with E-state index in [1.165, 1.54) is 4.90 Å². The smallest absolute Gasteiger partial charge is 0.319 e. The highest BCUT2D eigenvalue weighted by Crippen LogP contribution is 2.33. The molecule has 3 rings (SSSR count). The number of imide groups is 1. The average Bonchev–Trinajstić information content (AvgIpc) is 2.93. The molecule has 0 aromatic heterocycles. The lowest BCUT2D eigenvalue weighted by molar-refractivity contribution is -0.134. The second kappa shape index (κ2) is 7.40. The van der Waals surface area contributed by atoms with E-state index in [9.17, 15) is 14.4 Å². The van der Waals surface area contributed by atoms with Crippen molar-refractivity contribution in [2.45, 2.75) is 18.9 Å². The van der Waals surface area contributed by atoms with Crippen LogP contribution in [0.2, 0.25) is 5.02 Å². The van der Waals surface area contributed by atoms with E-state index in [1.54, 1.807) is 43.4 Å². The number of carbonyl (C=O) groups is 3. The number of para-hydroxylation sites is 1. The molecule has 7 heteroatoms. The first-order chi connectivity index (χ1) is 12.9. The number of amides is 4. The molecule has 0 bridgehead atoms. The standard InChI is InChI=1S/C20H20ClN3O3/c1-3-20(14-9-11-15(21)12-10-14)18(26)24(19(27)22-20)13-17(25)23(2)16-7-5-4-6-8-16/h4-12H,3,13H2,1-2H3,(H,22,27)/t20-/m0/s1. The Hall–Kier alpha value is -2.86. The molecule has 1 heterocycles. The number of hydrogen-bond acceptors (Lipinski definition) is 3. The van der Waals surface area contributed by atoms with Crippen LogP contribution in [0.5, 0.6) is 0 Å². The fraction of sp³-hybridized carbons (Fsp3) is 0.250. The summed E-state index contributed by atoms with van der Waals surface area (Å²) in [6.45, 7) is 1.49. The Bertz CT molecular complexity index is 870. The summed E-state index contributed by atoms with van der Waals surface area (Å²) in [6, 6.07) is 15.2. The van der Waals surface area contributed by atoms with Gasteiger partial charge in [-0.1, -0.05) is 48.9 Å². The number of urea groups is 1. The number of likely N-dealkylation sites (N-methyl/N-ethyl adjacent to an activating group) is 1. The summed E-state index contributed by atoms with van der Waals surface area (Å²) in [5.41, 5.74) is 0.140. The third-order valence-corrected chi connectivity index (χ3v) is 5.11. The van der Waals surface area contributed by atoms with Crippen LogP contribution in [0.15, 0.2) is 54.6 Å². The molecule has 6 nitrogen and oxygen atoms in total. The van der Waals surface area contributed by atoms with Crippen molar-refractivity contribution in [2.24, 2.45) is 0 Å². The number of halogens is 1. The van der Waals surface area contributed by atoms with E-state index >= 15 is 0 Å². The van der Waals surface area contributed by atoms with Gasteiger partial charge in [0.05, 0.1) is 0 Å². The van der Waals surface area contributed by atoms with E-state index < -0.39 is 17.5 Å². The number of carbonyl (C=O) groups excluding carboxylic acids is 3. The lowest BCUT2D eigenvalue weighted by Gasteiger charge is -2.26. The molecule has 27 heavy (non-hydrogen) atoms. The monoisotopic (exact) mass is 385 g/mol. The zero-order chi connectivity index (χ0) is 19.6. The molecule has 2 aromatic rings. The second-order valence-corrected chi connectivity index (χ2v) is 6.81. The van der Waals surface area contributed by atoms with Crippen LogP contribution < -0.4 is 10.2 Å². The van der Waals surface area contributed by atoms with Crippen molar-refractivity contribution in [2.75, 3.05) is 18.5 Å². The Balaban J connectivity index is 1.83. The minimum absolute atomic E-state index is 0.328. The van der Waals surface area contributed by atoms with Crippen molar-refractivity contribution in [3.8, 4) is 0 Å². The normalized spacial score (nSPS) is 19.1. The maximum absolute atomic E-state index is 13.1. The van der Waals surface area contributed by atoms with Crippen LogP contribution in [0, 0.1) is 0 Å². The van der Waals surface area contributed by atoms with Crippen LogP contribution in [0.3, 0.4) is 0 Å². The number of nitrogens with one attached hydrogen (secondary N) is 1. The molecule has 1 fully saturated rings. The second-order valence-electron chi connectivity index (χ2n) is 6.38. The number of rotatable bonds is 5. The summed E-state index contributed by atoms with van der Waals surface area (Å²) in [6.07, 6.45) is 0.360. The highest BCUT2D eigenvalue weighted by atomic mass is 35.5. The first-order valence-corrected chi connectivity index (χ1v) is 8.98. The van der Waals surface area contributed by atoms with Crippen molar-refractivity contribution in [3.63, 3.8) is 0 Å². The molecule has 1 aliphatic rings. The number of benzene rings is 2. The maximum Gasteiger partial charge on any atom is 0.325 e. The third kappa shape index (κ3) is 3.40. The molecule has 0 aliphatic carbocycles. The van der Waals surface area contributed by atoms with E-state index in [2.05, 4.69) is 5.32 Å². The minimum Gasteiger partial charge on any atom is -0.319 e. The van der Waals surface area contributed by atoms with Gasteiger partial charge in [0, 0.05) is 17.8 Å². The van der Waals surface area contributed by atoms with Crippen LogP contribution in [-0.2, 0) is 15.1 Å².